The van der Waals surface area contributed by atoms with Gasteiger partial charge in [0.05, 0.1) is 18.3 Å². The highest BCUT2D eigenvalue weighted by Crippen LogP contribution is 2.40. The van der Waals surface area contributed by atoms with E-state index in [2.05, 4.69) is 48.7 Å². The molecule has 4 atom stereocenters. The van der Waals surface area contributed by atoms with Gasteiger partial charge in [0.25, 0.3) is 5.91 Å². The molecule has 2 aromatic heterocycles. The fourth-order valence-corrected chi connectivity index (χ4v) is 7.80. The van der Waals surface area contributed by atoms with Gasteiger partial charge in [0.1, 0.15) is 17.3 Å². The molecule has 9 rings (SSSR count). The second-order valence-corrected chi connectivity index (χ2v) is 13.1. The van der Waals surface area contributed by atoms with Crippen LogP contribution in [0.4, 0.5) is 4.79 Å². The number of urea groups is 1. The third kappa shape index (κ3) is 4.10. The van der Waals surface area contributed by atoms with Crippen LogP contribution in [-0.4, -0.2) is 74.8 Å². The average molecular weight is 603 g/mol. The van der Waals surface area contributed by atoms with E-state index >= 15 is 0 Å². The van der Waals surface area contributed by atoms with Crippen LogP contribution in [0.2, 0.25) is 0 Å². The molecule has 3 fully saturated rings. The number of nitrogens with zero attached hydrogens (tertiary/aromatic N) is 6. The number of hydrogen-bond acceptors (Lipinski definition) is 6. The van der Waals surface area contributed by atoms with E-state index in [0.29, 0.717) is 35.5 Å². The van der Waals surface area contributed by atoms with E-state index in [1.807, 2.05) is 30.2 Å². The number of aryl methyl sites for hydroxylation is 1. The van der Waals surface area contributed by atoms with E-state index in [9.17, 15) is 9.59 Å². The molecule has 5 aliphatic rings. The number of allylic oxidation sites excluding steroid dienone is 1. The number of amides is 3. The van der Waals surface area contributed by atoms with Crippen LogP contribution in [0.3, 0.4) is 0 Å². The maximum absolute atomic E-state index is 13.7. The van der Waals surface area contributed by atoms with Crippen molar-refractivity contribution in [3.63, 3.8) is 0 Å². The van der Waals surface area contributed by atoms with Gasteiger partial charge in [0, 0.05) is 54.9 Å². The molecule has 45 heavy (non-hydrogen) atoms. The summed E-state index contributed by atoms with van der Waals surface area (Å²) in [6, 6.07) is 11.9. The maximum Gasteiger partial charge on any atom is 0.343 e. The summed E-state index contributed by atoms with van der Waals surface area (Å²) in [5.74, 6) is 2.96. The number of carbonyl (C=O) groups is 2. The minimum absolute atomic E-state index is 0.00320. The molecular formula is C34H34N8O3. The number of imidazole rings is 1. The number of fused-ring (bicyclic) bond motifs is 5. The maximum atomic E-state index is 13.7. The first kappa shape index (κ1) is 26.6. The van der Waals surface area contributed by atoms with Crippen LogP contribution in [0.15, 0.2) is 52.5 Å². The average Bonchev–Trinajstić information content (AvgIpc) is 3.26. The zero-order chi connectivity index (χ0) is 30.6. The molecule has 3 N–H and O–H groups in total. The lowest BCUT2D eigenvalue weighted by molar-refractivity contribution is 0.0700. The van der Waals surface area contributed by atoms with Gasteiger partial charge in [-0.05, 0) is 79.0 Å². The van der Waals surface area contributed by atoms with Crippen molar-refractivity contribution in [3.05, 3.63) is 53.6 Å². The molecule has 0 spiro atoms. The van der Waals surface area contributed by atoms with Gasteiger partial charge in [-0.2, -0.15) is 4.99 Å². The Morgan fingerprint density at radius 1 is 1.13 bits per heavy atom. The summed E-state index contributed by atoms with van der Waals surface area (Å²) in [5.41, 5.74) is 12.7. The van der Waals surface area contributed by atoms with E-state index in [0.717, 1.165) is 64.0 Å². The standard InChI is InChI=1S/C34H34N8O3/c1-40-30-23(9-21(13-28(30)45-2)33(43)42-16-20-7-8-25(42)29(20)35)37-32(40)27-12-19-6-5-18(11-26(19)41(27)15-17-3-4-17)22-10-24-31(36-14-22)39-34(44)38-24/h5-6,9-14,17,20,24-25,29H,3-4,7-8,15-16,35H2,1-2H3,(H,38,44)/t20?,24?,25?,29-/m1/s1. The lowest BCUT2D eigenvalue weighted by Gasteiger charge is -2.27. The summed E-state index contributed by atoms with van der Waals surface area (Å²) in [5, 5.41) is 3.96. The largest absolute Gasteiger partial charge is 0.494 e. The third-order valence-electron chi connectivity index (χ3n) is 10.4. The van der Waals surface area contributed by atoms with Gasteiger partial charge in [0.2, 0.25) is 0 Å². The van der Waals surface area contributed by atoms with Crippen molar-refractivity contribution in [2.75, 3.05) is 13.7 Å². The Hall–Kier alpha value is -4.77. The fraction of sp³-hybridized carbons (Fsp3) is 0.382. The molecule has 3 aliphatic heterocycles. The van der Waals surface area contributed by atoms with E-state index in [1.165, 1.54) is 12.8 Å². The number of ether oxygens (including phenoxy) is 1. The molecule has 3 unspecified atom stereocenters. The van der Waals surface area contributed by atoms with Gasteiger partial charge in [0.15, 0.2) is 11.7 Å². The summed E-state index contributed by atoms with van der Waals surface area (Å²) < 4.78 is 10.3. The number of nitrogens with one attached hydrogen (secondary N) is 1. The van der Waals surface area contributed by atoms with Crippen LogP contribution in [0.25, 0.3) is 39.0 Å². The number of likely N-dealkylation sites (tertiary alicyclic amines) is 1. The predicted molar refractivity (Wildman–Crippen MR) is 173 cm³/mol. The van der Waals surface area contributed by atoms with E-state index in [1.54, 1.807) is 13.3 Å². The van der Waals surface area contributed by atoms with Crippen LogP contribution < -0.4 is 15.8 Å². The Bertz CT molecular complexity index is 2050. The Morgan fingerprint density at radius 3 is 2.76 bits per heavy atom. The fourth-order valence-electron chi connectivity index (χ4n) is 7.80. The molecule has 2 saturated carbocycles. The molecule has 3 amide bonds. The highest BCUT2D eigenvalue weighted by Gasteiger charge is 2.47. The number of aromatic nitrogens is 3. The predicted octanol–water partition coefficient (Wildman–Crippen LogP) is 4.13. The number of carbonyl (C=O) groups excluding carboxylic acids is 2. The van der Waals surface area contributed by atoms with Gasteiger partial charge in [-0.3, -0.25) is 4.79 Å². The van der Waals surface area contributed by atoms with Crippen LogP contribution in [0, 0.1) is 11.8 Å². The van der Waals surface area contributed by atoms with Gasteiger partial charge >= 0.3 is 6.03 Å². The molecule has 1 saturated heterocycles. The van der Waals surface area contributed by atoms with Gasteiger partial charge in [-0.25, -0.2) is 14.8 Å². The summed E-state index contributed by atoms with van der Waals surface area (Å²) in [6.45, 7) is 1.61. The molecule has 2 aromatic carbocycles. The number of hydrogen-bond donors (Lipinski definition) is 2. The lowest BCUT2D eigenvalue weighted by Crippen LogP contribution is -2.41. The first-order chi connectivity index (χ1) is 21.9. The van der Waals surface area contributed by atoms with Crippen LogP contribution in [-0.2, 0) is 13.6 Å². The van der Waals surface area contributed by atoms with Crippen molar-refractivity contribution in [1.29, 1.82) is 0 Å². The quantitative estimate of drug-likeness (QED) is 0.343. The Balaban J connectivity index is 1.13. The molecular weight excluding hydrogens is 568 g/mol. The smallest absolute Gasteiger partial charge is 0.343 e. The van der Waals surface area contributed by atoms with Crippen molar-refractivity contribution in [2.45, 2.75) is 50.4 Å². The van der Waals surface area contributed by atoms with Crippen molar-refractivity contribution < 1.29 is 14.3 Å². The normalized spacial score (nSPS) is 25.2. The monoisotopic (exact) mass is 602 g/mol. The third-order valence-corrected chi connectivity index (χ3v) is 10.4. The minimum Gasteiger partial charge on any atom is -0.494 e. The summed E-state index contributed by atoms with van der Waals surface area (Å²) in [7, 11) is 3.65. The highest BCUT2D eigenvalue weighted by atomic mass is 16.5. The second-order valence-electron chi connectivity index (χ2n) is 13.1. The molecule has 2 bridgehead atoms. The number of aliphatic imine (C=N–C) groups is 2. The van der Waals surface area contributed by atoms with Crippen molar-refractivity contribution in [1.82, 2.24) is 24.3 Å². The molecule has 0 radical (unpaired) electrons. The topological polar surface area (TPSA) is 132 Å². The second kappa shape index (κ2) is 9.61. The highest BCUT2D eigenvalue weighted by molar-refractivity contribution is 6.21. The number of nitrogens with two attached hydrogens (primary N) is 1. The number of rotatable bonds is 6. The number of methoxy groups -OCH3 is 1. The van der Waals surface area contributed by atoms with Crippen LogP contribution in [0.1, 0.15) is 41.6 Å². The van der Waals surface area contributed by atoms with Gasteiger partial charge in [-0.1, -0.05) is 12.1 Å². The molecule has 11 nitrogen and oxygen atoms in total. The SMILES string of the molecule is COc1cc(C(=O)N2CC3CCC2[C@@H]3N)cc2nc(-c3cc4ccc(C5=CC6NC(=O)N=C6N=C5)cc4n3CC3CC3)n(C)c12. The van der Waals surface area contributed by atoms with Gasteiger partial charge in [-0.15, -0.1) is 0 Å². The summed E-state index contributed by atoms with van der Waals surface area (Å²) in [4.78, 5) is 41.0. The molecule has 2 aliphatic carbocycles. The Morgan fingerprint density at radius 2 is 2.00 bits per heavy atom. The number of benzene rings is 2. The van der Waals surface area contributed by atoms with Crippen LogP contribution in [0.5, 0.6) is 5.75 Å². The zero-order valence-corrected chi connectivity index (χ0v) is 25.2. The molecule has 5 heterocycles. The van der Waals surface area contributed by atoms with Crippen molar-refractivity contribution in [3.8, 4) is 17.3 Å². The van der Waals surface area contributed by atoms with Gasteiger partial charge < -0.3 is 29.8 Å². The first-order valence-corrected chi connectivity index (χ1v) is 15.8. The number of amidine groups is 1. The van der Waals surface area contributed by atoms with E-state index in [4.69, 9.17) is 15.5 Å². The zero-order valence-electron chi connectivity index (χ0n) is 25.2. The Labute approximate surface area is 259 Å². The van der Waals surface area contributed by atoms with Crippen molar-refractivity contribution >= 4 is 51.5 Å². The van der Waals surface area contributed by atoms with E-state index < -0.39 is 0 Å². The van der Waals surface area contributed by atoms with Crippen molar-refractivity contribution in [2.24, 2.45) is 34.6 Å². The number of dihydropyridines is 1. The summed E-state index contributed by atoms with van der Waals surface area (Å²) >= 11 is 0. The minimum atomic E-state index is -0.356. The van der Waals surface area contributed by atoms with Crippen LogP contribution >= 0.6 is 0 Å². The molecule has 4 aromatic rings. The number of piperidine rings is 1. The summed E-state index contributed by atoms with van der Waals surface area (Å²) in [6.07, 6.45) is 8.27. The molecule has 11 heteroatoms. The molecule has 228 valence electrons. The Kier molecular flexibility index (Phi) is 5.69. The lowest BCUT2D eigenvalue weighted by atomic mass is 10.0. The van der Waals surface area contributed by atoms with E-state index in [-0.39, 0.29) is 30.1 Å². The first-order valence-electron chi connectivity index (χ1n) is 15.8.